The zero-order chi connectivity index (χ0) is 20.9. The molecule has 0 aromatic carbocycles. The molecule has 4 rings (SSSR count). The first-order valence-electron chi connectivity index (χ1n) is 9.10. The van der Waals surface area contributed by atoms with E-state index in [1.807, 2.05) is 0 Å². The van der Waals surface area contributed by atoms with Crippen LogP contribution in [0.4, 0.5) is 23.7 Å². The largest absolute Gasteiger partial charge is 0.354 e. The Morgan fingerprint density at radius 1 is 1.38 bits per heavy atom. The number of amides is 2. The Morgan fingerprint density at radius 2 is 2.14 bits per heavy atom. The summed E-state index contributed by atoms with van der Waals surface area (Å²) in [6.45, 7) is -1.22. The van der Waals surface area contributed by atoms with Crippen LogP contribution in [-0.2, 0) is 29.2 Å². The lowest BCUT2D eigenvalue weighted by Gasteiger charge is -2.15. The molecule has 0 saturated carbocycles. The SMILES string of the molecule is C[C@@H]1CCc2c1nc1c(c2NC(=O)N=S(N)(=O)c2cnn(C(F)F)c2F)CCC1. The highest BCUT2D eigenvalue weighted by atomic mass is 32.2. The Labute approximate surface area is 165 Å². The van der Waals surface area contributed by atoms with E-state index in [9.17, 15) is 22.2 Å². The first kappa shape index (κ1) is 19.8. The van der Waals surface area contributed by atoms with Crippen LogP contribution in [0.1, 0.15) is 54.7 Å². The molecule has 2 aliphatic rings. The highest BCUT2D eigenvalue weighted by Crippen LogP contribution is 2.41. The van der Waals surface area contributed by atoms with Gasteiger partial charge in [0.1, 0.15) is 14.8 Å². The van der Waals surface area contributed by atoms with Crippen LogP contribution in [0.25, 0.3) is 0 Å². The van der Waals surface area contributed by atoms with E-state index in [1.165, 1.54) is 0 Å². The molecular weight excluding hydrogens is 409 g/mol. The van der Waals surface area contributed by atoms with Gasteiger partial charge < -0.3 is 5.32 Å². The van der Waals surface area contributed by atoms with Crippen molar-refractivity contribution in [3.05, 3.63) is 34.7 Å². The van der Waals surface area contributed by atoms with Crippen molar-refractivity contribution >= 4 is 21.6 Å². The number of alkyl halides is 2. The molecule has 0 bridgehead atoms. The van der Waals surface area contributed by atoms with E-state index in [-0.39, 0.29) is 10.6 Å². The van der Waals surface area contributed by atoms with Crippen LogP contribution >= 0.6 is 0 Å². The van der Waals surface area contributed by atoms with Crippen LogP contribution in [0, 0.1) is 5.95 Å². The van der Waals surface area contributed by atoms with E-state index in [1.54, 1.807) is 0 Å². The van der Waals surface area contributed by atoms with Crippen molar-refractivity contribution in [1.29, 1.82) is 0 Å². The maximum atomic E-state index is 14.0. The Balaban J connectivity index is 1.69. The molecule has 2 aliphatic carbocycles. The molecule has 2 heterocycles. The molecule has 2 atom stereocenters. The van der Waals surface area contributed by atoms with Crippen LogP contribution in [0.3, 0.4) is 0 Å². The monoisotopic (exact) mass is 428 g/mol. The highest BCUT2D eigenvalue weighted by Gasteiger charge is 2.30. The van der Waals surface area contributed by atoms with E-state index in [0.717, 1.165) is 54.6 Å². The first-order chi connectivity index (χ1) is 13.7. The third kappa shape index (κ3) is 3.39. The number of fused-ring (bicyclic) bond motifs is 2. The summed E-state index contributed by atoms with van der Waals surface area (Å²) in [6, 6.07) is -1.04. The molecule has 1 unspecified atom stereocenters. The second-order valence-corrected chi connectivity index (χ2v) is 8.94. The third-order valence-corrected chi connectivity index (χ3v) is 6.65. The standard InChI is InChI=1S/C17H19F3N6O2S/c1-8-5-6-10-13(8)23-11-4-2-3-9(11)14(10)24-17(27)25-29(21,28)12-7-22-26(15(12)18)16(19)20/h7-8,16H,2-6H2,1H3,(H3,21,23,24,25,27,28)/t8-,29?/m1/s1. The van der Waals surface area contributed by atoms with Crippen molar-refractivity contribution in [2.75, 3.05) is 5.32 Å². The summed E-state index contributed by atoms with van der Waals surface area (Å²) in [5.41, 5.74) is 4.28. The normalized spacial score (nSPS) is 19.7. The van der Waals surface area contributed by atoms with Gasteiger partial charge in [0.2, 0.25) is 5.95 Å². The zero-order valence-corrected chi connectivity index (χ0v) is 16.3. The van der Waals surface area contributed by atoms with Gasteiger partial charge in [-0.3, -0.25) is 4.98 Å². The average molecular weight is 428 g/mol. The molecule has 2 amide bonds. The van der Waals surface area contributed by atoms with E-state index in [4.69, 9.17) is 10.1 Å². The number of pyridine rings is 1. The smallest absolute Gasteiger partial charge is 0.305 e. The van der Waals surface area contributed by atoms with Crippen LogP contribution in [0.2, 0.25) is 0 Å². The first-order valence-corrected chi connectivity index (χ1v) is 10.7. The van der Waals surface area contributed by atoms with Gasteiger partial charge in [-0.1, -0.05) is 6.92 Å². The molecule has 0 aliphatic heterocycles. The Morgan fingerprint density at radius 3 is 2.83 bits per heavy atom. The topological polar surface area (TPSA) is 115 Å². The minimum absolute atomic E-state index is 0.261. The van der Waals surface area contributed by atoms with E-state index < -0.39 is 33.3 Å². The maximum absolute atomic E-state index is 14.0. The number of carbonyl (C=O) groups is 1. The van der Waals surface area contributed by atoms with Crippen LogP contribution < -0.4 is 10.5 Å². The average Bonchev–Trinajstić information content (AvgIpc) is 3.33. The minimum Gasteiger partial charge on any atom is -0.305 e. The fraction of sp³-hybridized carbons (Fsp3) is 0.471. The molecule has 0 spiro atoms. The summed E-state index contributed by atoms with van der Waals surface area (Å²) in [4.78, 5) is 16.4. The van der Waals surface area contributed by atoms with Gasteiger partial charge in [-0.05, 0) is 49.1 Å². The number of nitrogens with zero attached hydrogens (tertiary/aromatic N) is 4. The van der Waals surface area contributed by atoms with E-state index in [0.29, 0.717) is 11.9 Å². The fourth-order valence-electron chi connectivity index (χ4n) is 3.92. The molecule has 0 radical (unpaired) electrons. The molecule has 12 heteroatoms. The predicted octanol–water partition coefficient (Wildman–Crippen LogP) is 3.28. The van der Waals surface area contributed by atoms with Gasteiger partial charge in [0.05, 0.1) is 11.9 Å². The van der Waals surface area contributed by atoms with Gasteiger partial charge >= 0.3 is 12.6 Å². The van der Waals surface area contributed by atoms with Gasteiger partial charge in [0.15, 0.2) is 0 Å². The number of nitrogens with one attached hydrogen (secondary N) is 1. The lowest BCUT2D eigenvalue weighted by atomic mass is 10.0. The van der Waals surface area contributed by atoms with Gasteiger partial charge in [-0.2, -0.15) is 23.0 Å². The number of urea groups is 1. The molecule has 156 valence electrons. The second-order valence-electron chi connectivity index (χ2n) is 7.18. The fourth-order valence-corrected chi connectivity index (χ4v) is 4.84. The Hall–Kier alpha value is -2.47. The number of halogens is 3. The van der Waals surface area contributed by atoms with Crippen LogP contribution in [-0.4, -0.2) is 25.0 Å². The maximum Gasteiger partial charge on any atom is 0.354 e. The van der Waals surface area contributed by atoms with Crippen molar-refractivity contribution in [3.8, 4) is 0 Å². The quantitative estimate of drug-likeness (QED) is 0.780. The van der Waals surface area contributed by atoms with Crippen molar-refractivity contribution in [2.24, 2.45) is 9.50 Å². The number of anilines is 1. The second kappa shape index (κ2) is 7.10. The summed E-state index contributed by atoms with van der Waals surface area (Å²) in [7, 11) is -4.11. The van der Waals surface area contributed by atoms with Crippen molar-refractivity contribution in [3.63, 3.8) is 0 Å². The molecule has 29 heavy (non-hydrogen) atoms. The van der Waals surface area contributed by atoms with Crippen molar-refractivity contribution < 1.29 is 22.2 Å². The van der Waals surface area contributed by atoms with Crippen LogP contribution in [0.15, 0.2) is 15.5 Å². The van der Waals surface area contributed by atoms with E-state index >= 15 is 0 Å². The summed E-state index contributed by atoms with van der Waals surface area (Å²) in [6.07, 6.45) is 4.68. The third-order valence-electron chi connectivity index (χ3n) is 5.31. The molecule has 0 fully saturated rings. The van der Waals surface area contributed by atoms with Crippen molar-refractivity contribution in [2.45, 2.75) is 56.4 Å². The predicted molar refractivity (Wildman–Crippen MR) is 98.5 cm³/mol. The molecule has 8 nitrogen and oxygen atoms in total. The molecular formula is C17H19F3N6O2S. The minimum atomic E-state index is -4.11. The number of carbonyl (C=O) groups excluding carboxylic acids is 1. The number of nitrogens with two attached hydrogens (primary N) is 1. The number of aryl methyl sites for hydroxylation is 1. The number of hydrogen-bond donors (Lipinski definition) is 2. The lowest BCUT2D eigenvalue weighted by Crippen LogP contribution is -2.20. The Bertz CT molecular complexity index is 1120. The van der Waals surface area contributed by atoms with Gasteiger partial charge in [0, 0.05) is 11.4 Å². The van der Waals surface area contributed by atoms with E-state index in [2.05, 4.69) is 21.7 Å². The van der Waals surface area contributed by atoms with Gasteiger partial charge in [-0.15, -0.1) is 4.36 Å². The number of rotatable bonds is 3. The summed E-state index contributed by atoms with van der Waals surface area (Å²) in [5, 5.41) is 11.2. The Kier molecular flexibility index (Phi) is 4.85. The number of hydrogen-bond acceptors (Lipinski definition) is 4. The molecule has 2 aromatic heterocycles. The summed E-state index contributed by atoms with van der Waals surface area (Å²) in [5.74, 6) is -1.33. The highest BCUT2D eigenvalue weighted by molar-refractivity contribution is 7.91. The molecule has 3 N–H and O–H groups in total. The number of aromatic nitrogens is 3. The molecule has 0 saturated heterocycles. The molecule has 2 aromatic rings. The summed E-state index contributed by atoms with van der Waals surface area (Å²) < 4.78 is 55.0. The van der Waals surface area contributed by atoms with Crippen molar-refractivity contribution in [1.82, 2.24) is 14.8 Å². The summed E-state index contributed by atoms with van der Waals surface area (Å²) >= 11 is 0. The van der Waals surface area contributed by atoms with Gasteiger partial charge in [-0.25, -0.2) is 14.1 Å². The van der Waals surface area contributed by atoms with Crippen LogP contribution in [0.5, 0.6) is 0 Å². The lowest BCUT2D eigenvalue weighted by molar-refractivity contribution is 0.0431. The zero-order valence-electron chi connectivity index (χ0n) is 15.5. The van der Waals surface area contributed by atoms with Gasteiger partial charge in [0.25, 0.3) is 0 Å².